The summed E-state index contributed by atoms with van der Waals surface area (Å²) in [5.74, 6) is 1.73. The lowest BCUT2D eigenvalue weighted by molar-refractivity contribution is 0.190. The Bertz CT molecular complexity index is 1420. The third-order valence-electron chi connectivity index (χ3n) is 5.35. The molecule has 0 N–H and O–H groups in total. The molecule has 0 saturated heterocycles. The lowest BCUT2D eigenvalue weighted by Gasteiger charge is -2.17. The number of fused-ring (bicyclic) bond motifs is 2. The van der Waals surface area contributed by atoms with E-state index in [1.807, 2.05) is 12.1 Å². The minimum absolute atomic E-state index is 0.0901. The molecular weight excluding hydrogens is 444 g/mol. The second-order valence-electron chi connectivity index (χ2n) is 7.26. The fourth-order valence-electron chi connectivity index (χ4n) is 3.79. The zero-order valence-electron chi connectivity index (χ0n) is 18.8. The number of rotatable bonds is 8. The van der Waals surface area contributed by atoms with Gasteiger partial charge in [-0.05, 0) is 30.7 Å². The molecule has 0 atom stereocenters. The van der Waals surface area contributed by atoms with E-state index in [4.69, 9.17) is 23.9 Å². The van der Waals surface area contributed by atoms with Crippen molar-refractivity contribution in [1.82, 2.24) is 9.55 Å². The highest BCUT2D eigenvalue weighted by atomic mass is 32.1. The van der Waals surface area contributed by atoms with Crippen LogP contribution in [0.5, 0.6) is 17.2 Å². The highest BCUT2D eigenvalue weighted by molar-refractivity contribution is 7.24. The van der Waals surface area contributed by atoms with Crippen molar-refractivity contribution in [3.63, 3.8) is 0 Å². The minimum atomic E-state index is -0.383. The molecule has 9 heteroatoms. The lowest BCUT2D eigenvalue weighted by Crippen LogP contribution is -2.27. The average Bonchev–Trinajstić information content (AvgIpc) is 2.84. The van der Waals surface area contributed by atoms with Gasteiger partial charge in [0.05, 0.1) is 21.3 Å². The maximum Gasteiger partial charge on any atom is 0.266 e. The minimum Gasteiger partial charge on any atom is -0.493 e. The van der Waals surface area contributed by atoms with Crippen molar-refractivity contribution in [2.45, 2.75) is 13.0 Å². The molecule has 0 fully saturated rings. The van der Waals surface area contributed by atoms with Crippen LogP contribution in [0, 0.1) is 0 Å². The van der Waals surface area contributed by atoms with Gasteiger partial charge in [0.2, 0.25) is 11.2 Å². The molecule has 172 valence electrons. The van der Waals surface area contributed by atoms with Gasteiger partial charge < -0.3 is 18.9 Å². The van der Waals surface area contributed by atoms with Crippen LogP contribution >= 0.6 is 11.3 Å². The Kier molecular flexibility index (Phi) is 6.62. The Morgan fingerprint density at radius 2 is 1.67 bits per heavy atom. The number of nitrogens with zero attached hydrogens (tertiary/aromatic N) is 2. The summed E-state index contributed by atoms with van der Waals surface area (Å²) in [5.41, 5.74) is -0.0886. The van der Waals surface area contributed by atoms with Gasteiger partial charge in [0.25, 0.3) is 5.56 Å². The molecule has 0 aliphatic heterocycles. The van der Waals surface area contributed by atoms with E-state index in [0.717, 1.165) is 4.70 Å². The largest absolute Gasteiger partial charge is 0.493 e. The van der Waals surface area contributed by atoms with Gasteiger partial charge >= 0.3 is 0 Å². The number of hydrogen-bond donors (Lipinski definition) is 0. The summed E-state index contributed by atoms with van der Waals surface area (Å²) in [6, 6.07) is 10.7. The molecule has 0 radical (unpaired) electrons. The summed E-state index contributed by atoms with van der Waals surface area (Å²) in [5, 5.41) is 0.602. The first-order chi connectivity index (χ1) is 16.0. The number of methoxy groups -OCH3 is 4. The first-order valence-electron chi connectivity index (χ1n) is 10.3. The summed E-state index contributed by atoms with van der Waals surface area (Å²) in [4.78, 5) is 32.0. The standard InChI is InChI=1S/C24H24N2O6S/c1-29-11-7-10-26-22(14-12-16(30-2)21(32-4)17(13-14)31-3)25-23-19(24(26)28)20(27)15-8-5-6-9-18(15)33-23/h5-6,8-9,12-13H,7,10-11H2,1-4H3. The van der Waals surface area contributed by atoms with Crippen LogP contribution in [0.25, 0.3) is 31.7 Å². The summed E-state index contributed by atoms with van der Waals surface area (Å²) in [6.07, 6.45) is 0.576. The van der Waals surface area contributed by atoms with E-state index in [1.165, 1.54) is 37.2 Å². The van der Waals surface area contributed by atoms with Gasteiger partial charge in [-0.15, -0.1) is 11.3 Å². The van der Waals surface area contributed by atoms with Crippen molar-refractivity contribution < 1.29 is 18.9 Å². The second-order valence-corrected chi connectivity index (χ2v) is 8.29. The SMILES string of the molecule is COCCCn1c(-c2cc(OC)c(OC)c(OC)c2)nc2sc3ccccc3c(=O)c2c1=O. The van der Waals surface area contributed by atoms with Gasteiger partial charge in [-0.1, -0.05) is 12.1 Å². The van der Waals surface area contributed by atoms with E-state index >= 15 is 0 Å². The Hall–Kier alpha value is -3.43. The first kappa shape index (κ1) is 22.8. The van der Waals surface area contributed by atoms with Crippen molar-refractivity contribution in [3.8, 4) is 28.6 Å². The normalized spacial score (nSPS) is 11.2. The monoisotopic (exact) mass is 468 g/mol. The van der Waals surface area contributed by atoms with E-state index in [1.54, 1.807) is 31.4 Å². The second kappa shape index (κ2) is 9.60. The van der Waals surface area contributed by atoms with Gasteiger partial charge in [-0.3, -0.25) is 14.2 Å². The van der Waals surface area contributed by atoms with Gasteiger partial charge in [-0.25, -0.2) is 4.98 Å². The van der Waals surface area contributed by atoms with E-state index in [-0.39, 0.29) is 16.4 Å². The van der Waals surface area contributed by atoms with Crippen LogP contribution in [-0.2, 0) is 11.3 Å². The number of aromatic nitrogens is 2. The molecule has 0 saturated carbocycles. The third kappa shape index (κ3) is 4.05. The summed E-state index contributed by atoms with van der Waals surface area (Å²) >= 11 is 1.32. The smallest absolute Gasteiger partial charge is 0.266 e. The molecule has 0 bridgehead atoms. The highest BCUT2D eigenvalue weighted by Gasteiger charge is 2.21. The molecule has 2 heterocycles. The fraction of sp³-hybridized carbons (Fsp3) is 0.292. The van der Waals surface area contributed by atoms with Crippen LogP contribution < -0.4 is 25.2 Å². The Balaban J connectivity index is 2.06. The molecule has 0 spiro atoms. The van der Waals surface area contributed by atoms with Gasteiger partial charge in [0, 0.05) is 35.9 Å². The van der Waals surface area contributed by atoms with Crippen LogP contribution in [0.15, 0.2) is 46.0 Å². The molecule has 0 aliphatic carbocycles. The number of hydrogen-bond acceptors (Lipinski definition) is 8. The van der Waals surface area contributed by atoms with Crippen LogP contribution in [0.2, 0.25) is 0 Å². The molecule has 0 amide bonds. The lowest BCUT2D eigenvalue weighted by atomic mass is 10.1. The molecule has 33 heavy (non-hydrogen) atoms. The fourth-order valence-corrected chi connectivity index (χ4v) is 4.83. The molecule has 2 aromatic carbocycles. The van der Waals surface area contributed by atoms with Crippen LogP contribution in [-0.4, -0.2) is 44.6 Å². The number of ether oxygens (including phenoxy) is 4. The molecule has 2 aromatic heterocycles. The zero-order valence-corrected chi connectivity index (χ0v) is 19.7. The van der Waals surface area contributed by atoms with E-state index in [9.17, 15) is 9.59 Å². The van der Waals surface area contributed by atoms with E-state index in [0.29, 0.717) is 58.4 Å². The summed E-state index contributed by atoms with van der Waals surface area (Å²) in [6.45, 7) is 0.794. The average molecular weight is 469 g/mol. The summed E-state index contributed by atoms with van der Waals surface area (Å²) < 4.78 is 23.9. The number of benzene rings is 2. The van der Waals surface area contributed by atoms with Crippen molar-refractivity contribution in [2.75, 3.05) is 35.0 Å². The summed E-state index contributed by atoms with van der Waals surface area (Å²) in [7, 11) is 6.18. The van der Waals surface area contributed by atoms with E-state index < -0.39 is 0 Å². The van der Waals surface area contributed by atoms with Crippen LogP contribution in [0.1, 0.15) is 6.42 Å². The maximum absolute atomic E-state index is 13.6. The molecule has 0 unspecified atom stereocenters. The topological polar surface area (TPSA) is 88.9 Å². The molecule has 4 rings (SSSR count). The van der Waals surface area contributed by atoms with Gasteiger partial charge in [-0.2, -0.15) is 0 Å². The molecule has 4 aromatic rings. The molecular formula is C24H24N2O6S. The predicted octanol–water partition coefficient (Wildman–Crippen LogP) is 3.70. The Morgan fingerprint density at radius 1 is 0.970 bits per heavy atom. The van der Waals surface area contributed by atoms with Crippen molar-refractivity contribution in [2.24, 2.45) is 0 Å². The van der Waals surface area contributed by atoms with Gasteiger partial charge in [0.1, 0.15) is 16.0 Å². The predicted molar refractivity (Wildman–Crippen MR) is 129 cm³/mol. The quantitative estimate of drug-likeness (QED) is 0.288. The van der Waals surface area contributed by atoms with Crippen molar-refractivity contribution >= 4 is 31.6 Å². The Labute approximate surface area is 193 Å². The van der Waals surface area contributed by atoms with Crippen LogP contribution in [0.3, 0.4) is 0 Å². The molecule has 8 nitrogen and oxygen atoms in total. The van der Waals surface area contributed by atoms with Gasteiger partial charge in [0.15, 0.2) is 11.5 Å². The third-order valence-corrected chi connectivity index (χ3v) is 6.42. The highest BCUT2D eigenvalue weighted by Crippen LogP contribution is 2.41. The van der Waals surface area contributed by atoms with Crippen molar-refractivity contribution in [1.29, 1.82) is 0 Å². The maximum atomic E-state index is 13.6. The molecule has 0 aliphatic rings. The van der Waals surface area contributed by atoms with Crippen molar-refractivity contribution in [3.05, 3.63) is 57.0 Å². The van der Waals surface area contributed by atoms with Crippen LogP contribution in [0.4, 0.5) is 0 Å². The first-order valence-corrected chi connectivity index (χ1v) is 11.1. The zero-order chi connectivity index (χ0) is 23.5. The Morgan fingerprint density at radius 3 is 2.30 bits per heavy atom. The van der Waals surface area contributed by atoms with E-state index in [2.05, 4.69) is 0 Å².